The summed E-state index contributed by atoms with van der Waals surface area (Å²) < 4.78 is 13.0. The lowest BCUT2D eigenvalue weighted by atomic mass is 10.1. The Morgan fingerprint density at radius 2 is 2.17 bits per heavy atom. The van der Waals surface area contributed by atoms with E-state index >= 15 is 0 Å². The Morgan fingerprint density at radius 3 is 2.89 bits per heavy atom. The fraction of sp³-hybridized carbons (Fsp3) is 0.500. The van der Waals surface area contributed by atoms with Gasteiger partial charge in [0.05, 0.1) is 11.3 Å². The summed E-state index contributed by atoms with van der Waals surface area (Å²) in [7, 11) is 0. The van der Waals surface area contributed by atoms with Crippen molar-refractivity contribution in [2.24, 2.45) is 0 Å². The van der Waals surface area contributed by atoms with Crippen LogP contribution in [0, 0.1) is 17.1 Å². The van der Waals surface area contributed by atoms with Crippen LogP contribution in [0.15, 0.2) is 18.2 Å². The maximum Gasteiger partial charge on any atom is 0.124 e. The topological polar surface area (TPSA) is 39.1 Å². The van der Waals surface area contributed by atoms with Gasteiger partial charge in [-0.15, -0.1) is 0 Å². The molecule has 4 heteroatoms. The van der Waals surface area contributed by atoms with E-state index in [1.807, 2.05) is 6.07 Å². The maximum absolute atomic E-state index is 13.0. The first-order chi connectivity index (χ1) is 8.76. The highest BCUT2D eigenvalue weighted by atomic mass is 19.1. The van der Waals surface area contributed by atoms with Gasteiger partial charge in [-0.1, -0.05) is 0 Å². The molecule has 0 aromatic heterocycles. The van der Waals surface area contributed by atoms with Crippen LogP contribution in [0.2, 0.25) is 0 Å². The molecule has 1 heterocycles. The summed E-state index contributed by atoms with van der Waals surface area (Å²) in [4.78, 5) is 2.51. The van der Waals surface area contributed by atoms with Crippen molar-refractivity contribution >= 4 is 5.69 Å². The third-order valence-electron chi connectivity index (χ3n) is 3.74. The van der Waals surface area contributed by atoms with Crippen molar-refractivity contribution in [2.75, 3.05) is 18.4 Å². The predicted octanol–water partition coefficient (Wildman–Crippen LogP) is 2.35. The maximum atomic E-state index is 13.0. The first-order valence-electron chi connectivity index (χ1n) is 6.46. The van der Waals surface area contributed by atoms with Gasteiger partial charge in [-0.3, -0.25) is 4.90 Å². The minimum absolute atomic E-state index is 0.358. The minimum Gasteiger partial charge on any atom is -0.380 e. The molecule has 0 spiro atoms. The predicted molar refractivity (Wildman–Crippen MR) is 67.7 cm³/mol. The highest BCUT2D eigenvalue weighted by Gasteiger charge is 2.34. The molecule has 3 nitrogen and oxygen atoms in total. The lowest BCUT2D eigenvalue weighted by molar-refractivity contribution is 0.326. The quantitative estimate of drug-likeness (QED) is 0.888. The number of halogens is 1. The van der Waals surface area contributed by atoms with Gasteiger partial charge in [-0.2, -0.15) is 5.26 Å². The molecule has 18 heavy (non-hydrogen) atoms. The van der Waals surface area contributed by atoms with Gasteiger partial charge in [-0.25, -0.2) is 4.39 Å². The molecule has 1 saturated heterocycles. The standard InChI is InChI=1S/C14H16FN3/c15-11-1-4-14(10(7-11)8-16)17-12-5-6-18(9-12)13-2-3-13/h1,4,7,12-13,17H,2-3,5-6,9H2. The fourth-order valence-corrected chi connectivity index (χ4v) is 2.63. The number of nitrogens with one attached hydrogen (secondary N) is 1. The molecule has 1 aromatic carbocycles. The Kier molecular flexibility index (Phi) is 2.92. The van der Waals surface area contributed by atoms with Gasteiger partial charge >= 0.3 is 0 Å². The van der Waals surface area contributed by atoms with Crippen LogP contribution in [0.1, 0.15) is 24.8 Å². The Hall–Kier alpha value is -1.60. The molecule has 1 saturated carbocycles. The molecule has 1 atom stereocenters. The molecule has 3 rings (SSSR count). The van der Waals surface area contributed by atoms with E-state index in [1.165, 1.54) is 25.0 Å². The second-order valence-electron chi connectivity index (χ2n) is 5.16. The lowest BCUT2D eigenvalue weighted by Gasteiger charge is -2.17. The number of benzene rings is 1. The van der Waals surface area contributed by atoms with Crippen LogP contribution in [-0.2, 0) is 0 Å². The van der Waals surface area contributed by atoms with E-state index in [0.717, 1.165) is 31.2 Å². The summed E-state index contributed by atoms with van der Waals surface area (Å²) >= 11 is 0. The minimum atomic E-state index is -0.358. The van der Waals surface area contributed by atoms with E-state index in [4.69, 9.17) is 5.26 Å². The molecular weight excluding hydrogens is 229 g/mol. The van der Waals surface area contributed by atoms with Gasteiger partial charge in [0.2, 0.25) is 0 Å². The van der Waals surface area contributed by atoms with Crippen molar-refractivity contribution in [1.29, 1.82) is 5.26 Å². The number of hydrogen-bond acceptors (Lipinski definition) is 3. The van der Waals surface area contributed by atoms with Gasteiger partial charge in [0.1, 0.15) is 11.9 Å². The fourth-order valence-electron chi connectivity index (χ4n) is 2.63. The van der Waals surface area contributed by atoms with Gasteiger partial charge in [-0.05, 0) is 37.5 Å². The normalized spacial score (nSPS) is 23.9. The van der Waals surface area contributed by atoms with Crippen LogP contribution >= 0.6 is 0 Å². The second-order valence-corrected chi connectivity index (χ2v) is 5.16. The number of hydrogen-bond donors (Lipinski definition) is 1. The highest BCUT2D eigenvalue weighted by Crippen LogP contribution is 2.31. The van der Waals surface area contributed by atoms with Crippen LogP contribution in [0.5, 0.6) is 0 Å². The molecular formula is C14H16FN3. The van der Waals surface area contributed by atoms with E-state index in [0.29, 0.717) is 11.6 Å². The third-order valence-corrected chi connectivity index (χ3v) is 3.74. The summed E-state index contributed by atoms with van der Waals surface area (Å²) in [6.45, 7) is 2.17. The Labute approximate surface area is 106 Å². The van der Waals surface area contributed by atoms with Gasteiger partial charge in [0.15, 0.2) is 0 Å². The van der Waals surface area contributed by atoms with Crippen LogP contribution in [0.3, 0.4) is 0 Å². The average molecular weight is 245 g/mol. The second kappa shape index (κ2) is 4.58. The molecule has 94 valence electrons. The van der Waals surface area contributed by atoms with Crippen LogP contribution in [-0.4, -0.2) is 30.1 Å². The van der Waals surface area contributed by atoms with Gasteiger partial charge in [0.25, 0.3) is 0 Å². The van der Waals surface area contributed by atoms with Crippen molar-refractivity contribution in [2.45, 2.75) is 31.3 Å². The summed E-state index contributed by atoms with van der Waals surface area (Å²) in [5, 5.41) is 12.4. The van der Waals surface area contributed by atoms with Crippen molar-refractivity contribution in [3.63, 3.8) is 0 Å². The first-order valence-corrected chi connectivity index (χ1v) is 6.46. The van der Waals surface area contributed by atoms with Crippen molar-refractivity contribution in [3.8, 4) is 6.07 Å². The SMILES string of the molecule is N#Cc1cc(F)ccc1NC1CCN(C2CC2)C1. The Bertz CT molecular complexity index is 490. The van der Waals surface area contributed by atoms with Crippen LogP contribution < -0.4 is 5.32 Å². The monoisotopic (exact) mass is 245 g/mol. The van der Waals surface area contributed by atoms with E-state index < -0.39 is 0 Å². The first kappa shape index (κ1) is 11.5. The Balaban J connectivity index is 1.67. The summed E-state index contributed by atoms with van der Waals surface area (Å²) in [5.41, 5.74) is 1.14. The zero-order chi connectivity index (χ0) is 12.5. The zero-order valence-corrected chi connectivity index (χ0v) is 10.2. The largest absolute Gasteiger partial charge is 0.380 e. The number of likely N-dealkylation sites (tertiary alicyclic amines) is 1. The summed E-state index contributed by atoms with van der Waals surface area (Å²) in [6, 6.07) is 7.56. The molecule has 0 radical (unpaired) electrons. The highest BCUT2D eigenvalue weighted by molar-refractivity contribution is 5.58. The van der Waals surface area contributed by atoms with E-state index in [2.05, 4.69) is 10.2 Å². The number of anilines is 1. The summed E-state index contributed by atoms with van der Waals surface area (Å²) in [6.07, 6.45) is 3.75. The number of nitrogens with zero attached hydrogens (tertiary/aromatic N) is 2. The molecule has 1 N–H and O–H groups in total. The Morgan fingerprint density at radius 1 is 1.33 bits per heavy atom. The smallest absolute Gasteiger partial charge is 0.124 e. The van der Waals surface area contributed by atoms with Crippen LogP contribution in [0.25, 0.3) is 0 Å². The number of nitriles is 1. The number of rotatable bonds is 3. The molecule has 1 unspecified atom stereocenters. The molecule has 0 bridgehead atoms. The molecule has 2 fully saturated rings. The molecule has 1 aromatic rings. The van der Waals surface area contributed by atoms with E-state index in [1.54, 1.807) is 6.07 Å². The van der Waals surface area contributed by atoms with Gasteiger partial charge < -0.3 is 5.32 Å². The molecule has 1 aliphatic carbocycles. The molecule has 2 aliphatic rings. The van der Waals surface area contributed by atoms with Crippen LogP contribution in [0.4, 0.5) is 10.1 Å². The van der Waals surface area contributed by atoms with Crippen molar-refractivity contribution in [3.05, 3.63) is 29.6 Å². The lowest BCUT2D eigenvalue weighted by Crippen LogP contribution is -2.27. The van der Waals surface area contributed by atoms with Crippen molar-refractivity contribution in [1.82, 2.24) is 4.90 Å². The van der Waals surface area contributed by atoms with E-state index in [9.17, 15) is 4.39 Å². The summed E-state index contributed by atoms with van der Waals surface area (Å²) in [5.74, 6) is -0.358. The van der Waals surface area contributed by atoms with Crippen molar-refractivity contribution < 1.29 is 4.39 Å². The third kappa shape index (κ3) is 2.32. The zero-order valence-electron chi connectivity index (χ0n) is 10.2. The molecule has 1 aliphatic heterocycles. The van der Waals surface area contributed by atoms with Gasteiger partial charge in [0, 0.05) is 25.2 Å². The average Bonchev–Trinajstić information content (AvgIpc) is 3.12. The molecule has 0 amide bonds. The van der Waals surface area contributed by atoms with E-state index in [-0.39, 0.29) is 5.82 Å².